The van der Waals surface area contributed by atoms with E-state index < -0.39 is 10.8 Å². The van der Waals surface area contributed by atoms with Crippen molar-refractivity contribution in [2.45, 2.75) is 24.7 Å². The van der Waals surface area contributed by atoms with Crippen molar-refractivity contribution in [2.75, 3.05) is 5.32 Å². The molecular weight excluding hydrogens is 484 g/mol. The lowest BCUT2D eigenvalue weighted by Crippen LogP contribution is -2.53. The number of carbonyl (C=O) groups is 1. The van der Waals surface area contributed by atoms with Gasteiger partial charge in [0.2, 0.25) is 11.9 Å². The van der Waals surface area contributed by atoms with Crippen molar-refractivity contribution in [3.05, 3.63) is 120 Å². The number of H-pyrrole nitrogens is 1. The maximum Gasteiger partial charge on any atom is 0.249 e. The van der Waals surface area contributed by atoms with E-state index in [1.165, 1.54) is 0 Å². The van der Waals surface area contributed by atoms with Crippen LogP contribution < -0.4 is 5.32 Å². The van der Waals surface area contributed by atoms with Gasteiger partial charge in [0.25, 0.3) is 0 Å². The normalized spacial score (nSPS) is 22.4. The van der Waals surface area contributed by atoms with Gasteiger partial charge in [-0.05, 0) is 64.9 Å². The van der Waals surface area contributed by atoms with E-state index in [4.69, 9.17) is 0 Å². The quantitative estimate of drug-likeness (QED) is 0.317. The van der Waals surface area contributed by atoms with Crippen LogP contribution in [0.2, 0.25) is 0 Å². The van der Waals surface area contributed by atoms with Crippen LogP contribution in [0.15, 0.2) is 97.3 Å². The number of aromatic nitrogens is 4. The van der Waals surface area contributed by atoms with Gasteiger partial charge in [-0.2, -0.15) is 10.2 Å². The molecule has 2 aromatic heterocycles. The number of nitrogens with one attached hydrogen (secondary N) is 2. The van der Waals surface area contributed by atoms with Crippen molar-refractivity contribution < 1.29 is 4.79 Å². The van der Waals surface area contributed by atoms with Crippen LogP contribution in [0.4, 0.5) is 5.95 Å². The molecule has 39 heavy (non-hydrogen) atoms. The molecule has 0 fully saturated rings. The third kappa shape index (κ3) is 3.35. The Morgan fingerprint density at radius 1 is 0.923 bits per heavy atom. The number of hydrogen-bond donors (Lipinski definition) is 2. The summed E-state index contributed by atoms with van der Waals surface area (Å²) in [6.07, 6.45) is 3.90. The SMILES string of the molecule is C[C@]1(C(=O)Nc2n[nH]c(-c3cccc(-c4ccncc4)c3)n2)CC2(C#N)c3ccccc3C1c1ccccc12. The molecule has 7 nitrogen and oxygen atoms in total. The Hall–Kier alpha value is -5.09. The van der Waals surface area contributed by atoms with Gasteiger partial charge in [0, 0.05) is 23.9 Å². The molecule has 5 aromatic rings. The molecule has 0 saturated heterocycles. The van der Waals surface area contributed by atoms with E-state index in [0.29, 0.717) is 12.2 Å². The second kappa shape index (κ2) is 8.47. The molecule has 0 saturated carbocycles. The van der Waals surface area contributed by atoms with Gasteiger partial charge >= 0.3 is 0 Å². The van der Waals surface area contributed by atoms with Gasteiger partial charge in [-0.25, -0.2) is 0 Å². The largest absolute Gasteiger partial charge is 0.293 e. The Balaban J connectivity index is 1.23. The van der Waals surface area contributed by atoms with E-state index in [-0.39, 0.29) is 17.8 Å². The van der Waals surface area contributed by atoms with Gasteiger partial charge in [-0.15, -0.1) is 5.10 Å². The summed E-state index contributed by atoms with van der Waals surface area (Å²) in [5.74, 6) is 0.378. The minimum Gasteiger partial charge on any atom is -0.293 e. The van der Waals surface area contributed by atoms with Crippen molar-refractivity contribution in [2.24, 2.45) is 5.41 Å². The Kier molecular flexibility index (Phi) is 5.01. The Morgan fingerprint density at radius 3 is 2.28 bits per heavy atom. The summed E-state index contributed by atoms with van der Waals surface area (Å²) >= 11 is 0. The summed E-state index contributed by atoms with van der Waals surface area (Å²) in [5, 5.41) is 20.8. The van der Waals surface area contributed by atoms with Crippen molar-refractivity contribution in [1.82, 2.24) is 20.2 Å². The van der Waals surface area contributed by atoms with Gasteiger partial charge in [0.05, 0.1) is 11.5 Å². The van der Waals surface area contributed by atoms with Crippen LogP contribution in [0.5, 0.6) is 0 Å². The molecule has 3 aromatic carbocycles. The van der Waals surface area contributed by atoms with Crippen molar-refractivity contribution in [3.63, 3.8) is 0 Å². The Bertz CT molecular complexity index is 1740. The number of fused-ring (bicyclic) bond motifs is 1. The molecule has 188 valence electrons. The highest BCUT2D eigenvalue weighted by molar-refractivity contribution is 5.96. The van der Waals surface area contributed by atoms with Crippen LogP contribution in [0.1, 0.15) is 41.5 Å². The minimum atomic E-state index is -0.897. The van der Waals surface area contributed by atoms with Gasteiger partial charge in [0.15, 0.2) is 5.82 Å². The van der Waals surface area contributed by atoms with E-state index in [1.807, 2.05) is 91.9 Å². The summed E-state index contributed by atoms with van der Waals surface area (Å²) in [5.41, 5.74) is 5.22. The summed E-state index contributed by atoms with van der Waals surface area (Å²) < 4.78 is 0. The zero-order valence-corrected chi connectivity index (χ0v) is 21.2. The van der Waals surface area contributed by atoms with Gasteiger partial charge in [0.1, 0.15) is 5.41 Å². The predicted molar refractivity (Wildman–Crippen MR) is 148 cm³/mol. The summed E-state index contributed by atoms with van der Waals surface area (Å²) in [6.45, 7) is 1.96. The molecule has 0 unspecified atom stereocenters. The molecule has 8 rings (SSSR count). The van der Waals surface area contributed by atoms with Crippen molar-refractivity contribution in [3.8, 4) is 28.6 Å². The second-order valence-corrected chi connectivity index (χ2v) is 10.5. The lowest BCUT2D eigenvalue weighted by atomic mass is 9.47. The third-order valence-electron chi connectivity index (χ3n) is 8.30. The lowest BCUT2D eigenvalue weighted by molar-refractivity contribution is -0.127. The predicted octanol–water partition coefficient (Wildman–Crippen LogP) is 5.84. The van der Waals surface area contributed by atoms with Gasteiger partial charge in [-0.3, -0.25) is 20.2 Å². The average Bonchev–Trinajstić information content (AvgIpc) is 3.46. The molecule has 1 atom stereocenters. The maximum atomic E-state index is 14.0. The first-order chi connectivity index (χ1) is 19.0. The van der Waals surface area contributed by atoms with Crippen LogP contribution in [0.3, 0.4) is 0 Å². The lowest BCUT2D eigenvalue weighted by Gasteiger charge is -2.54. The highest BCUT2D eigenvalue weighted by atomic mass is 16.2. The first-order valence-corrected chi connectivity index (χ1v) is 12.9. The molecule has 0 radical (unpaired) electrons. The first-order valence-electron chi connectivity index (χ1n) is 12.9. The molecule has 3 aliphatic carbocycles. The molecule has 7 heteroatoms. The summed E-state index contributed by atoms with van der Waals surface area (Å²) in [7, 11) is 0. The van der Waals surface area contributed by atoms with Crippen LogP contribution >= 0.6 is 0 Å². The molecule has 2 bridgehead atoms. The number of nitrogens with zero attached hydrogens (tertiary/aromatic N) is 4. The Labute approximate surface area is 225 Å². The number of pyridine rings is 1. The number of carbonyl (C=O) groups excluding carboxylic acids is 1. The fourth-order valence-corrected chi connectivity index (χ4v) is 6.57. The highest BCUT2D eigenvalue weighted by Gasteiger charge is 2.61. The first kappa shape index (κ1) is 23.1. The van der Waals surface area contributed by atoms with Crippen LogP contribution in [-0.4, -0.2) is 26.1 Å². The minimum absolute atomic E-state index is 0.185. The standard InChI is InChI=1S/C32H24N6O/c1-31(18-32(19-33)25-11-4-2-9-23(25)27(31)24-10-3-5-12-26(24)32)29(39)36-30-35-28(37-38-30)22-8-6-7-21(17-22)20-13-15-34-16-14-20/h2-17,27H,18H2,1H3,(H2,35,36,37,38,39)/t27?,31-,32?/m0/s1. The number of aromatic amines is 1. The van der Waals surface area contributed by atoms with Crippen LogP contribution in [-0.2, 0) is 10.2 Å². The fourth-order valence-electron chi connectivity index (χ4n) is 6.57. The molecule has 1 amide bonds. The number of nitriles is 1. The smallest absolute Gasteiger partial charge is 0.249 e. The van der Waals surface area contributed by atoms with Crippen molar-refractivity contribution in [1.29, 1.82) is 5.26 Å². The number of anilines is 1. The van der Waals surface area contributed by atoms with Gasteiger partial charge < -0.3 is 0 Å². The molecule has 3 aliphatic rings. The van der Waals surface area contributed by atoms with E-state index in [9.17, 15) is 10.1 Å². The van der Waals surface area contributed by atoms with Crippen molar-refractivity contribution >= 4 is 11.9 Å². The van der Waals surface area contributed by atoms with Gasteiger partial charge in [-0.1, -0.05) is 66.7 Å². The monoisotopic (exact) mass is 508 g/mol. The second-order valence-electron chi connectivity index (χ2n) is 10.5. The Morgan fingerprint density at radius 2 is 1.59 bits per heavy atom. The number of benzene rings is 3. The van der Waals surface area contributed by atoms with Crippen LogP contribution in [0.25, 0.3) is 22.5 Å². The zero-order chi connectivity index (χ0) is 26.6. The van der Waals surface area contributed by atoms with Crippen LogP contribution in [0, 0.1) is 16.7 Å². The third-order valence-corrected chi connectivity index (χ3v) is 8.30. The fraction of sp³-hybridized carbons (Fsp3) is 0.156. The van der Waals surface area contributed by atoms with E-state index in [2.05, 4.69) is 31.6 Å². The van der Waals surface area contributed by atoms with E-state index in [1.54, 1.807) is 12.4 Å². The number of hydrogen-bond acceptors (Lipinski definition) is 5. The molecule has 2 heterocycles. The van der Waals surface area contributed by atoms with E-state index in [0.717, 1.165) is 38.9 Å². The molecular formula is C32H24N6O. The number of rotatable bonds is 4. The summed E-state index contributed by atoms with van der Waals surface area (Å²) in [4.78, 5) is 22.7. The number of amides is 1. The topological polar surface area (TPSA) is 107 Å². The summed E-state index contributed by atoms with van der Waals surface area (Å²) in [6, 6.07) is 30.5. The molecule has 0 aliphatic heterocycles. The molecule has 0 spiro atoms. The average molecular weight is 509 g/mol. The maximum absolute atomic E-state index is 14.0. The zero-order valence-electron chi connectivity index (χ0n) is 21.2. The van der Waals surface area contributed by atoms with E-state index >= 15 is 0 Å². The highest BCUT2D eigenvalue weighted by Crippen LogP contribution is 2.63. The molecule has 2 N–H and O–H groups in total.